The fraction of sp³-hybridized carbons (Fsp3) is 0.211. The molecule has 1 N–H and O–H groups in total. The highest BCUT2D eigenvalue weighted by molar-refractivity contribution is 7.14. The van der Waals surface area contributed by atoms with Crippen LogP contribution in [0.4, 0.5) is 15.6 Å². The van der Waals surface area contributed by atoms with Crippen molar-refractivity contribution in [1.29, 1.82) is 0 Å². The number of anilines is 2. The second-order valence-electron chi connectivity index (χ2n) is 6.01. The van der Waals surface area contributed by atoms with Gasteiger partial charge in [-0.25, -0.2) is 9.78 Å². The van der Waals surface area contributed by atoms with Gasteiger partial charge in [0.05, 0.1) is 5.69 Å². The summed E-state index contributed by atoms with van der Waals surface area (Å²) >= 11 is 1.45. The zero-order chi connectivity index (χ0) is 17.8. The minimum Gasteiger partial charge on any atom is -0.368 e. The van der Waals surface area contributed by atoms with Crippen molar-refractivity contribution in [3.05, 3.63) is 60.2 Å². The van der Waals surface area contributed by atoms with Gasteiger partial charge in [-0.15, -0.1) is 11.3 Å². The second kappa shape index (κ2) is 7.53. The molecule has 0 unspecified atom stereocenters. The molecule has 4 rings (SSSR count). The molecule has 0 aliphatic carbocycles. The predicted molar refractivity (Wildman–Crippen MR) is 105 cm³/mol. The smallest absolute Gasteiger partial charge is 0.323 e. The Bertz CT molecular complexity index is 860. The number of rotatable bonds is 3. The molecule has 0 saturated carbocycles. The maximum Gasteiger partial charge on any atom is 0.323 e. The molecule has 0 bridgehead atoms. The standard InChI is InChI=1S/C19H19N5OS/c25-19(22-18-21-17(14-26-18)15-4-2-1-3-5-15)24-12-10-23(11-13-24)16-6-8-20-9-7-16/h1-9,14H,10-13H2,(H,21,22,25). The first-order valence-corrected chi connectivity index (χ1v) is 9.39. The third kappa shape index (κ3) is 3.67. The number of urea groups is 1. The molecule has 2 aromatic heterocycles. The van der Waals surface area contributed by atoms with E-state index in [1.807, 2.05) is 52.7 Å². The van der Waals surface area contributed by atoms with Crippen molar-refractivity contribution < 1.29 is 4.79 Å². The van der Waals surface area contributed by atoms with Crippen LogP contribution < -0.4 is 10.2 Å². The predicted octanol–water partition coefficient (Wildman–Crippen LogP) is 3.56. The molecule has 0 atom stereocenters. The molecule has 1 aliphatic rings. The number of carbonyl (C=O) groups is 1. The Morgan fingerprint density at radius 1 is 1.00 bits per heavy atom. The summed E-state index contributed by atoms with van der Waals surface area (Å²) in [5, 5.41) is 5.52. The summed E-state index contributed by atoms with van der Waals surface area (Å²) in [6.45, 7) is 2.99. The van der Waals surface area contributed by atoms with Crippen LogP contribution in [0, 0.1) is 0 Å². The number of nitrogens with one attached hydrogen (secondary N) is 1. The molecule has 0 radical (unpaired) electrons. The minimum absolute atomic E-state index is 0.0895. The molecule has 1 fully saturated rings. The summed E-state index contributed by atoms with van der Waals surface area (Å²) in [4.78, 5) is 25.2. The van der Waals surface area contributed by atoms with Crippen molar-refractivity contribution in [1.82, 2.24) is 14.9 Å². The average Bonchev–Trinajstić information content (AvgIpc) is 3.18. The zero-order valence-corrected chi connectivity index (χ0v) is 15.0. The van der Waals surface area contributed by atoms with Gasteiger partial charge in [-0.1, -0.05) is 30.3 Å². The van der Waals surface area contributed by atoms with Crippen LogP contribution in [0.25, 0.3) is 11.3 Å². The van der Waals surface area contributed by atoms with Gasteiger partial charge in [0.25, 0.3) is 0 Å². The van der Waals surface area contributed by atoms with Gasteiger partial charge in [0, 0.05) is 55.2 Å². The normalized spacial score (nSPS) is 14.3. The third-order valence-corrected chi connectivity index (χ3v) is 5.14. The average molecular weight is 365 g/mol. The fourth-order valence-corrected chi connectivity index (χ4v) is 3.68. The van der Waals surface area contributed by atoms with Crippen LogP contribution in [0.2, 0.25) is 0 Å². The fourth-order valence-electron chi connectivity index (χ4n) is 2.97. The van der Waals surface area contributed by atoms with Crippen LogP contribution in [0.1, 0.15) is 0 Å². The van der Waals surface area contributed by atoms with Crippen molar-refractivity contribution in [3.8, 4) is 11.3 Å². The van der Waals surface area contributed by atoms with E-state index in [0.29, 0.717) is 18.2 Å². The van der Waals surface area contributed by atoms with E-state index in [4.69, 9.17) is 0 Å². The molecule has 132 valence electrons. The van der Waals surface area contributed by atoms with Gasteiger partial charge in [0.1, 0.15) is 0 Å². The minimum atomic E-state index is -0.0895. The van der Waals surface area contributed by atoms with Crippen molar-refractivity contribution in [2.75, 3.05) is 36.4 Å². The van der Waals surface area contributed by atoms with E-state index in [1.54, 1.807) is 12.4 Å². The van der Waals surface area contributed by atoms with Crippen LogP contribution >= 0.6 is 11.3 Å². The van der Waals surface area contributed by atoms with Gasteiger partial charge in [0.2, 0.25) is 0 Å². The summed E-state index contributed by atoms with van der Waals surface area (Å²) in [6.07, 6.45) is 3.59. The van der Waals surface area contributed by atoms with Gasteiger partial charge in [-0.3, -0.25) is 10.3 Å². The zero-order valence-electron chi connectivity index (χ0n) is 14.2. The topological polar surface area (TPSA) is 61.4 Å². The Balaban J connectivity index is 1.34. The molecule has 3 heterocycles. The van der Waals surface area contributed by atoms with Crippen LogP contribution in [0.15, 0.2) is 60.2 Å². The SMILES string of the molecule is O=C(Nc1nc(-c2ccccc2)cs1)N1CCN(c2ccncc2)CC1. The molecule has 0 spiro atoms. The van der Waals surface area contributed by atoms with E-state index in [1.165, 1.54) is 11.3 Å². The number of carbonyl (C=O) groups excluding carboxylic acids is 1. The number of piperazine rings is 1. The Hall–Kier alpha value is -2.93. The highest BCUT2D eigenvalue weighted by Gasteiger charge is 2.22. The van der Waals surface area contributed by atoms with E-state index >= 15 is 0 Å². The van der Waals surface area contributed by atoms with Crippen LogP contribution in [-0.2, 0) is 0 Å². The van der Waals surface area contributed by atoms with Crippen molar-refractivity contribution in [2.24, 2.45) is 0 Å². The number of hydrogen-bond acceptors (Lipinski definition) is 5. The molecule has 26 heavy (non-hydrogen) atoms. The van der Waals surface area contributed by atoms with Gasteiger partial charge >= 0.3 is 6.03 Å². The maximum atomic E-state index is 12.5. The Labute approximate surface area is 156 Å². The molecule has 2 amide bonds. The number of thiazole rings is 1. The first-order valence-electron chi connectivity index (χ1n) is 8.51. The Morgan fingerprint density at radius 3 is 2.46 bits per heavy atom. The third-order valence-electron chi connectivity index (χ3n) is 4.38. The lowest BCUT2D eigenvalue weighted by Gasteiger charge is -2.35. The Morgan fingerprint density at radius 2 is 1.73 bits per heavy atom. The number of aromatic nitrogens is 2. The van der Waals surface area contributed by atoms with Crippen LogP contribution in [-0.4, -0.2) is 47.1 Å². The van der Waals surface area contributed by atoms with E-state index in [2.05, 4.69) is 20.2 Å². The largest absolute Gasteiger partial charge is 0.368 e. The quantitative estimate of drug-likeness (QED) is 0.771. The lowest BCUT2D eigenvalue weighted by Crippen LogP contribution is -2.50. The van der Waals surface area contributed by atoms with Crippen molar-refractivity contribution >= 4 is 28.2 Å². The molecular weight excluding hydrogens is 346 g/mol. The monoisotopic (exact) mass is 365 g/mol. The van der Waals surface area contributed by atoms with Crippen LogP contribution in [0.3, 0.4) is 0 Å². The summed E-state index contributed by atoms with van der Waals surface area (Å²) in [5.41, 5.74) is 3.08. The van der Waals surface area contributed by atoms with Crippen molar-refractivity contribution in [2.45, 2.75) is 0 Å². The highest BCUT2D eigenvalue weighted by atomic mass is 32.1. The summed E-state index contributed by atoms with van der Waals surface area (Å²) < 4.78 is 0. The molecule has 1 aromatic carbocycles. The molecule has 7 heteroatoms. The van der Waals surface area contributed by atoms with Gasteiger partial charge < -0.3 is 9.80 Å². The first kappa shape index (κ1) is 16.5. The van der Waals surface area contributed by atoms with E-state index in [9.17, 15) is 4.79 Å². The summed E-state index contributed by atoms with van der Waals surface area (Å²) in [6, 6.07) is 13.9. The molecule has 1 aliphatic heterocycles. The van der Waals surface area contributed by atoms with Crippen molar-refractivity contribution in [3.63, 3.8) is 0 Å². The lowest BCUT2D eigenvalue weighted by molar-refractivity contribution is 0.208. The van der Waals surface area contributed by atoms with Gasteiger partial charge in [-0.05, 0) is 12.1 Å². The van der Waals surface area contributed by atoms with E-state index in [-0.39, 0.29) is 6.03 Å². The lowest BCUT2D eigenvalue weighted by atomic mass is 10.2. The number of pyridine rings is 1. The number of amides is 2. The molecule has 1 saturated heterocycles. The number of benzene rings is 1. The first-order chi connectivity index (χ1) is 12.8. The van der Waals surface area contributed by atoms with E-state index in [0.717, 1.165) is 30.0 Å². The highest BCUT2D eigenvalue weighted by Crippen LogP contribution is 2.25. The summed E-state index contributed by atoms with van der Waals surface area (Å²) in [7, 11) is 0. The molecule has 6 nitrogen and oxygen atoms in total. The maximum absolute atomic E-state index is 12.5. The Kier molecular flexibility index (Phi) is 4.79. The molecule has 3 aromatic rings. The number of hydrogen-bond donors (Lipinski definition) is 1. The van der Waals surface area contributed by atoms with Gasteiger partial charge in [0.15, 0.2) is 5.13 Å². The molecular formula is C19H19N5OS. The van der Waals surface area contributed by atoms with Crippen LogP contribution in [0.5, 0.6) is 0 Å². The second-order valence-corrected chi connectivity index (χ2v) is 6.87. The number of nitrogens with zero attached hydrogens (tertiary/aromatic N) is 4. The van der Waals surface area contributed by atoms with E-state index < -0.39 is 0 Å². The summed E-state index contributed by atoms with van der Waals surface area (Å²) in [5.74, 6) is 0. The van der Waals surface area contributed by atoms with Gasteiger partial charge in [-0.2, -0.15) is 0 Å².